The van der Waals surface area contributed by atoms with Crippen LogP contribution in [0.15, 0.2) is 42.6 Å². The number of fused-ring (bicyclic) bond motifs is 2. The highest BCUT2D eigenvalue weighted by Crippen LogP contribution is 2.35. The molecule has 0 saturated heterocycles. The molecule has 0 bridgehead atoms. The van der Waals surface area contributed by atoms with Gasteiger partial charge in [-0.25, -0.2) is 5.14 Å². The highest BCUT2D eigenvalue weighted by atomic mass is 32.2. The maximum Gasteiger partial charge on any atom is 0.387 e. The molecule has 2 N–H and O–H groups in total. The molecule has 3 aromatic rings. The molecule has 7 nitrogen and oxygen atoms in total. The van der Waals surface area contributed by atoms with E-state index in [-0.39, 0.29) is 12.3 Å². The second-order valence-electron chi connectivity index (χ2n) is 6.83. The van der Waals surface area contributed by atoms with Gasteiger partial charge in [-0.3, -0.25) is 4.98 Å². The van der Waals surface area contributed by atoms with Gasteiger partial charge in [0.15, 0.2) is 0 Å². The standard InChI is InChI=1S/C20H16F2N4O3S/c21-20(22)29-16-3-4-17-18(8-16)25-10-15(9-23)19(17)13-2-1-12-5-6-26(30(24,27)28)11-14(12)7-13/h1-4,7-8,10,20H,5-6,11H2,(H2,24,27,28). The Labute approximate surface area is 171 Å². The molecule has 0 saturated carbocycles. The SMILES string of the molecule is N#Cc1cnc2cc(OC(F)F)ccc2c1-c1ccc2c(c1)CN(S(N)(=O)=O)CC2. The van der Waals surface area contributed by atoms with Crippen LogP contribution in [0.25, 0.3) is 22.0 Å². The molecule has 0 aliphatic carbocycles. The van der Waals surface area contributed by atoms with E-state index in [1.165, 1.54) is 22.6 Å². The summed E-state index contributed by atoms with van der Waals surface area (Å²) in [4.78, 5) is 4.19. The van der Waals surface area contributed by atoms with Crippen LogP contribution < -0.4 is 9.88 Å². The minimum Gasteiger partial charge on any atom is -0.435 e. The summed E-state index contributed by atoms with van der Waals surface area (Å²) >= 11 is 0. The molecule has 0 unspecified atom stereocenters. The molecule has 10 heteroatoms. The number of nitriles is 1. The van der Waals surface area contributed by atoms with Crippen LogP contribution in [0.4, 0.5) is 8.78 Å². The number of halogens is 2. The molecule has 0 spiro atoms. The molecule has 1 aromatic heterocycles. The third-order valence-electron chi connectivity index (χ3n) is 5.02. The van der Waals surface area contributed by atoms with Crippen molar-refractivity contribution in [3.05, 3.63) is 59.3 Å². The number of rotatable bonds is 4. The molecule has 1 aliphatic rings. The summed E-state index contributed by atoms with van der Waals surface area (Å²) in [5.41, 5.74) is 3.77. The largest absolute Gasteiger partial charge is 0.435 e. The summed E-state index contributed by atoms with van der Waals surface area (Å²) in [5.74, 6) is -0.0325. The van der Waals surface area contributed by atoms with Crippen LogP contribution in [0.3, 0.4) is 0 Å². The molecule has 4 rings (SSSR count). The van der Waals surface area contributed by atoms with Crippen molar-refractivity contribution in [3.8, 4) is 22.9 Å². The van der Waals surface area contributed by atoms with Gasteiger partial charge in [0, 0.05) is 36.3 Å². The number of hydrogen-bond acceptors (Lipinski definition) is 5. The average molecular weight is 430 g/mol. The quantitative estimate of drug-likeness (QED) is 0.684. The fourth-order valence-corrected chi connectivity index (χ4v) is 4.31. The number of pyridine rings is 1. The first-order valence-electron chi connectivity index (χ1n) is 8.94. The van der Waals surface area contributed by atoms with Crippen molar-refractivity contribution in [1.29, 1.82) is 5.26 Å². The molecule has 0 atom stereocenters. The maximum absolute atomic E-state index is 12.5. The molecular formula is C20H16F2N4O3S. The molecule has 0 amide bonds. The summed E-state index contributed by atoms with van der Waals surface area (Å²) in [5, 5.41) is 15.4. The van der Waals surface area contributed by atoms with Gasteiger partial charge in [0.2, 0.25) is 0 Å². The van der Waals surface area contributed by atoms with E-state index in [0.717, 1.165) is 11.1 Å². The summed E-state index contributed by atoms with van der Waals surface area (Å²) in [7, 11) is -3.81. The van der Waals surface area contributed by atoms with Gasteiger partial charge in [0.05, 0.1) is 11.1 Å². The van der Waals surface area contributed by atoms with Crippen LogP contribution >= 0.6 is 0 Å². The zero-order chi connectivity index (χ0) is 21.5. The van der Waals surface area contributed by atoms with Crippen LogP contribution in [-0.2, 0) is 23.2 Å². The molecule has 2 heterocycles. The Balaban J connectivity index is 1.84. The topological polar surface area (TPSA) is 109 Å². The summed E-state index contributed by atoms with van der Waals surface area (Å²) in [6.07, 6.45) is 1.91. The van der Waals surface area contributed by atoms with Gasteiger partial charge in [-0.05, 0) is 41.3 Å². The van der Waals surface area contributed by atoms with Crippen molar-refractivity contribution in [2.24, 2.45) is 5.14 Å². The first-order valence-corrected chi connectivity index (χ1v) is 10.4. The van der Waals surface area contributed by atoms with E-state index < -0.39 is 16.8 Å². The first kappa shape index (κ1) is 20.2. The molecule has 0 fully saturated rings. The number of aromatic nitrogens is 1. The lowest BCUT2D eigenvalue weighted by atomic mass is 9.92. The Bertz CT molecular complexity index is 1290. The van der Waals surface area contributed by atoms with E-state index in [1.807, 2.05) is 18.2 Å². The Hall–Kier alpha value is -3.13. The highest BCUT2D eigenvalue weighted by Gasteiger charge is 2.24. The molecule has 2 aromatic carbocycles. The zero-order valence-electron chi connectivity index (χ0n) is 15.5. The molecule has 0 radical (unpaired) electrons. The highest BCUT2D eigenvalue weighted by molar-refractivity contribution is 7.86. The Kier molecular flexibility index (Phi) is 5.11. The molecular weight excluding hydrogens is 414 g/mol. The minimum absolute atomic E-state index is 0.0325. The Morgan fingerprint density at radius 1 is 1.20 bits per heavy atom. The summed E-state index contributed by atoms with van der Waals surface area (Å²) < 4.78 is 54.1. The predicted octanol–water partition coefficient (Wildman–Crippen LogP) is 2.94. The van der Waals surface area contributed by atoms with E-state index in [9.17, 15) is 22.5 Å². The number of hydrogen-bond donors (Lipinski definition) is 1. The number of ether oxygens (including phenoxy) is 1. The maximum atomic E-state index is 12.5. The second-order valence-corrected chi connectivity index (χ2v) is 8.37. The minimum atomic E-state index is -3.81. The van der Waals surface area contributed by atoms with Crippen molar-refractivity contribution >= 4 is 21.1 Å². The van der Waals surface area contributed by atoms with Gasteiger partial charge in [-0.2, -0.15) is 26.8 Å². The van der Waals surface area contributed by atoms with Gasteiger partial charge in [0.1, 0.15) is 11.8 Å². The van der Waals surface area contributed by atoms with Gasteiger partial charge in [-0.1, -0.05) is 12.1 Å². The third kappa shape index (κ3) is 3.82. The van der Waals surface area contributed by atoms with E-state index >= 15 is 0 Å². The van der Waals surface area contributed by atoms with Crippen molar-refractivity contribution in [1.82, 2.24) is 9.29 Å². The molecule has 1 aliphatic heterocycles. The van der Waals surface area contributed by atoms with E-state index in [2.05, 4.69) is 15.8 Å². The van der Waals surface area contributed by atoms with Crippen LogP contribution in [0.1, 0.15) is 16.7 Å². The lowest BCUT2D eigenvalue weighted by Gasteiger charge is -2.26. The average Bonchev–Trinajstić information content (AvgIpc) is 2.70. The number of nitrogens with two attached hydrogens (primary N) is 1. The Morgan fingerprint density at radius 3 is 2.70 bits per heavy atom. The Morgan fingerprint density at radius 2 is 2.00 bits per heavy atom. The number of alkyl halides is 2. The van der Waals surface area contributed by atoms with Crippen molar-refractivity contribution in [3.63, 3.8) is 0 Å². The molecule has 154 valence electrons. The monoisotopic (exact) mass is 430 g/mol. The summed E-state index contributed by atoms with van der Waals surface area (Å²) in [6, 6.07) is 12.0. The number of benzene rings is 2. The van der Waals surface area contributed by atoms with E-state index in [0.29, 0.717) is 40.6 Å². The fraction of sp³-hybridized carbons (Fsp3) is 0.200. The van der Waals surface area contributed by atoms with Crippen molar-refractivity contribution in [2.75, 3.05) is 6.54 Å². The lowest BCUT2D eigenvalue weighted by molar-refractivity contribution is -0.0497. The molecule has 30 heavy (non-hydrogen) atoms. The zero-order valence-corrected chi connectivity index (χ0v) is 16.4. The van der Waals surface area contributed by atoms with Gasteiger partial charge in [0.25, 0.3) is 10.2 Å². The van der Waals surface area contributed by atoms with Crippen molar-refractivity contribution < 1.29 is 21.9 Å². The fourth-order valence-electron chi connectivity index (χ4n) is 3.65. The normalized spacial score (nSPS) is 14.5. The van der Waals surface area contributed by atoms with Gasteiger partial charge in [-0.15, -0.1) is 0 Å². The van der Waals surface area contributed by atoms with Crippen LogP contribution in [0.2, 0.25) is 0 Å². The van der Waals surface area contributed by atoms with Crippen LogP contribution in [0.5, 0.6) is 5.75 Å². The smallest absolute Gasteiger partial charge is 0.387 e. The van der Waals surface area contributed by atoms with Gasteiger partial charge < -0.3 is 4.74 Å². The van der Waals surface area contributed by atoms with Crippen molar-refractivity contribution in [2.45, 2.75) is 19.6 Å². The van der Waals surface area contributed by atoms with E-state index in [4.69, 9.17) is 5.14 Å². The third-order valence-corrected chi connectivity index (χ3v) is 6.05. The second kappa shape index (κ2) is 7.60. The predicted molar refractivity (Wildman–Crippen MR) is 106 cm³/mol. The first-order chi connectivity index (χ1) is 14.3. The van der Waals surface area contributed by atoms with Gasteiger partial charge >= 0.3 is 6.61 Å². The number of nitrogens with zero attached hydrogens (tertiary/aromatic N) is 3. The van der Waals surface area contributed by atoms with Crippen LogP contribution in [0, 0.1) is 11.3 Å². The lowest BCUT2D eigenvalue weighted by Crippen LogP contribution is -2.40. The van der Waals surface area contributed by atoms with Crippen LogP contribution in [-0.4, -0.2) is 30.9 Å². The van der Waals surface area contributed by atoms with E-state index in [1.54, 1.807) is 6.07 Å². The summed E-state index contributed by atoms with van der Waals surface area (Å²) in [6.45, 7) is -2.51.